The van der Waals surface area contributed by atoms with Gasteiger partial charge in [-0.15, -0.1) is 0 Å². The molecule has 0 radical (unpaired) electrons. The summed E-state index contributed by atoms with van der Waals surface area (Å²) in [5.41, 5.74) is 0. The van der Waals surface area contributed by atoms with E-state index in [-0.39, 0.29) is 29.7 Å². The molecule has 2 rings (SSSR count). The second-order valence-corrected chi connectivity index (χ2v) is 7.11. The van der Waals surface area contributed by atoms with Crippen molar-refractivity contribution < 1.29 is 14.3 Å². The van der Waals surface area contributed by atoms with Crippen molar-refractivity contribution in [1.29, 1.82) is 0 Å². The number of hydrogen-bond acceptors (Lipinski definition) is 4. The van der Waals surface area contributed by atoms with E-state index >= 15 is 0 Å². The quantitative estimate of drug-likeness (QED) is 0.730. The molecule has 1 aliphatic carbocycles. The number of ether oxygens (including phenoxy) is 1. The van der Waals surface area contributed by atoms with Gasteiger partial charge in [0.15, 0.2) is 0 Å². The molecule has 6 heteroatoms. The van der Waals surface area contributed by atoms with E-state index in [0.717, 1.165) is 65.0 Å². The SMILES string of the molecule is CCC(C)NC(=O)C1CCC(C(=O)NCCN2CCOCC2)CC1. The van der Waals surface area contributed by atoms with Crippen LogP contribution in [-0.4, -0.2) is 62.1 Å². The highest BCUT2D eigenvalue weighted by molar-refractivity contribution is 5.81. The van der Waals surface area contributed by atoms with E-state index in [9.17, 15) is 9.59 Å². The molecule has 138 valence electrons. The fourth-order valence-electron chi connectivity index (χ4n) is 3.39. The topological polar surface area (TPSA) is 70.7 Å². The van der Waals surface area contributed by atoms with Crippen LogP contribution in [0.3, 0.4) is 0 Å². The molecule has 2 fully saturated rings. The second kappa shape index (κ2) is 9.99. The molecular formula is C18H33N3O3. The minimum atomic E-state index is 0.0716. The van der Waals surface area contributed by atoms with Gasteiger partial charge in [-0.2, -0.15) is 0 Å². The Hall–Kier alpha value is -1.14. The zero-order chi connectivity index (χ0) is 17.4. The molecule has 2 N–H and O–H groups in total. The zero-order valence-corrected chi connectivity index (χ0v) is 15.2. The molecule has 0 aromatic heterocycles. The van der Waals surface area contributed by atoms with Gasteiger partial charge in [-0.1, -0.05) is 6.92 Å². The van der Waals surface area contributed by atoms with Crippen LogP contribution in [0, 0.1) is 11.8 Å². The van der Waals surface area contributed by atoms with Crippen molar-refractivity contribution in [3.63, 3.8) is 0 Å². The van der Waals surface area contributed by atoms with Crippen molar-refractivity contribution in [2.45, 2.75) is 52.0 Å². The molecule has 6 nitrogen and oxygen atoms in total. The molecule has 1 aliphatic heterocycles. The number of amides is 2. The summed E-state index contributed by atoms with van der Waals surface area (Å²) >= 11 is 0. The lowest BCUT2D eigenvalue weighted by Crippen LogP contribution is -2.43. The Labute approximate surface area is 145 Å². The van der Waals surface area contributed by atoms with Crippen molar-refractivity contribution in [3.8, 4) is 0 Å². The van der Waals surface area contributed by atoms with Crippen molar-refractivity contribution in [2.75, 3.05) is 39.4 Å². The van der Waals surface area contributed by atoms with Gasteiger partial charge in [0.2, 0.25) is 11.8 Å². The first kappa shape index (κ1) is 19.2. The highest BCUT2D eigenvalue weighted by Crippen LogP contribution is 2.29. The van der Waals surface area contributed by atoms with Crippen molar-refractivity contribution >= 4 is 11.8 Å². The largest absolute Gasteiger partial charge is 0.379 e. The highest BCUT2D eigenvalue weighted by atomic mass is 16.5. The molecule has 1 atom stereocenters. The summed E-state index contributed by atoms with van der Waals surface area (Å²) < 4.78 is 5.32. The van der Waals surface area contributed by atoms with Gasteiger partial charge < -0.3 is 15.4 Å². The fraction of sp³-hybridized carbons (Fsp3) is 0.889. The van der Waals surface area contributed by atoms with Crippen LogP contribution in [0.5, 0.6) is 0 Å². The molecule has 0 aromatic carbocycles. The molecule has 0 bridgehead atoms. The summed E-state index contributed by atoms with van der Waals surface area (Å²) in [4.78, 5) is 26.8. The van der Waals surface area contributed by atoms with Gasteiger partial charge in [-0.3, -0.25) is 14.5 Å². The molecule has 0 aromatic rings. The summed E-state index contributed by atoms with van der Waals surface area (Å²) in [5.74, 6) is 0.471. The fourth-order valence-corrected chi connectivity index (χ4v) is 3.39. The predicted molar refractivity (Wildman–Crippen MR) is 93.6 cm³/mol. The van der Waals surface area contributed by atoms with E-state index in [1.54, 1.807) is 0 Å². The molecule has 0 spiro atoms. The lowest BCUT2D eigenvalue weighted by atomic mass is 9.81. The number of nitrogens with zero attached hydrogens (tertiary/aromatic N) is 1. The number of carbonyl (C=O) groups is 2. The van der Waals surface area contributed by atoms with Crippen LogP contribution in [0.2, 0.25) is 0 Å². The summed E-state index contributed by atoms with van der Waals surface area (Å²) in [6.45, 7) is 9.18. The van der Waals surface area contributed by atoms with Gasteiger partial charge in [0.25, 0.3) is 0 Å². The molecule has 2 aliphatic rings. The maximum Gasteiger partial charge on any atom is 0.223 e. The van der Waals surface area contributed by atoms with Crippen LogP contribution < -0.4 is 10.6 Å². The summed E-state index contributed by atoms with van der Waals surface area (Å²) in [6, 6.07) is 0.235. The molecule has 1 saturated heterocycles. The molecule has 1 saturated carbocycles. The maximum absolute atomic E-state index is 12.3. The van der Waals surface area contributed by atoms with Crippen LogP contribution in [0.1, 0.15) is 46.0 Å². The average Bonchev–Trinajstić information content (AvgIpc) is 2.62. The first-order valence-corrected chi connectivity index (χ1v) is 9.48. The molecule has 2 amide bonds. The standard InChI is InChI=1S/C18H33N3O3/c1-3-14(2)20-18(23)16-6-4-15(5-7-16)17(22)19-8-9-21-10-12-24-13-11-21/h14-16H,3-13H2,1-2H3,(H,19,22)(H,20,23). The summed E-state index contributed by atoms with van der Waals surface area (Å²) in [7, 11) is 0. The molecule has 1 unspecified atom stereocenters. The van der Waals surface area contributed by atoms with E-state index in [0.29, 0.717) is 6.54 Å². The number of rotatable bonds is 7. The average molecular weight is 339 g/mol. The van der Waals surface area contributed by atoms with Crippen LogP contribution in [0.4, 0.5) is 0 Å². The van der Waals surface area contributed by atoms with E-state index in [2.05, 4.69) is 22.5 Å². The zero-order valence-electron chi connectivity index (χ0n) is 15.2. The Bertz CT molecular complexity index is 402. The Morgan fingerprint density at radius 1 is 1.08 bits per heavy atom. The monoisotopic (exact) mass is 339 g/mol. The highest BCUT2D eigenvalue weighted by Gasteiger charge is 2.30. The normalized spacial score (nSPS) is 26.6. The minimum Gasteiger partial charge on any atom is -0.379 e. The second-order valence-electron chi connectivity index (χ2n) is 7.11. The number of nitrogens with one attached hydrogen (secondary N) is 2. The van der Waals surface area contributed by atoms with Crippen LogP contribution in [-0.2, 0) is 14.3 Å². The van der Waals surface area contributed by atoms with Crippen LogP contribution in [0.15, 0.2) is 0 Å². The lowest BCUT2D eigenvalue weighted by Gasteiger charge is -2.29. The Balaban J connectivity index is 1.62. The molecule has 1 heterocycles. The van der Waals surface area contributed by atoms with Gasteiger partial charge >= 0.3 is 0 Å². The van der Waals surface area contributed by atoms with Gasteiger partial charge in [0.05, 0.1) is 13.2 Å². The predicted octanol–water partition coefficient (Wildman–Crippen LogP) is 1.16. The van der Waals surface area contributed by atoms with E-state index < -0.39 is 0 Å². The van der Waals surface area contributed by atoms with Crippen LogP contribution in [0.25, 0.3) is 0 Å². The third-order valence-corrected chi connectivity index (χ3v) is 5.30. The maximum atomic E-state index is 12.3. The lowest BCUT2D eigenvalue weighted by molar-refractivity contribution is -0.130. The number of morpholine rings is 1. The number of carbonyl (C=O) groups excluding carboxylic acids is 2. The van der Waals surface area contributed by atoms with Gasteiger partial charge in [-0.05, 0) is 39.0 Å². The Morgan fingerprint density at radius 3 is 2.25 bits per heavy atom. The number of hydrogen-bond donors (Lipinski definition) is 2. The van der Waals surface area contributed by atoms with E-state index in [1.807, 2.05) is 6.92 Å². The van der Waals surface area contributed by atoms with Crippen molar-refractivity contribution in [2.24, 2.45) is 11.8 Å². The van der Waals surface area contributed by atoms with Gasteiger partial charge in [0.1, 0.15) is 0 Å². The van der Waals surface area contributed by atoms with E-state index in [4.69, 9.17) is 4.74 Å². The van der Waals surface area contributed by atoms with Gasteiger partial charge in [-0.25, -0.2) is 0 Å². The molecule has 24 heavy (non-hydrogen) atoms. The van der Waals surface area contributed by atoms with Crippen molar-refractivity contribution in [1.82, 2.24) is 15.5 Å². The first-order chi connectivity index (χ1) is 11.6. The molecular weight excluding hydrogens is 306 g/mol. The van der Waals surface area contributed by atoms with Crippen LogP contribution >= 0.6 is 0 Å². The Kier molecular flexibility index (Phi) is 7.99. The Morgan fingerprint density at radius 2 is 1.67 bits per heavy atom. The minimum absolute atomic E-state index is 0.0716. The third kappa shape index (κ3) is 6.06. The van der Waals surface area contributed by atoms with Crippen molar-refractivity contribution in [3.05, 3.63) is 0 Å². The third-order valence-electron chi connectivity index (χ3n) is 5.30. The summed E-state index contributed by atoms with van der Waals surface area (Å²) in [5, 5.41) is 6.12. The summed E-state index contributed by atoms with van der Waals surface area (Å²) in [6.07, 6.45) is 4.24. The first-order valence-electron chi connectivity index (χ1n) is 9.48. The smallest absolute Gasteiger partial charge is 0.223 e. The van der Waals surface area contributed by atoms with Gasteiger partial charge in [0, 0.05) is 44.1 Å². The van der Waals surface area contributed by atoms with E-state index in [1.165, 1.54) is 0 Å².